The molecule has 2 atom stereocenters. The van der Waals surface area contributed by atoms with E-state index in [1.807, 2.05) is 74.5 Å². The molecule has 3 aromatic rings. The number of nitrogens with zero attached hydrogens (tertiary/aromatic N) is 1. The molecule has 0 saturated carbocycles. The first kappa shape index (κ1) is 27.5. The third kappa shape index (κ3) is 8.27. The summed E-state index contributed by atoms with van der Waals surface area (Å²) in [7, 11) is 0. The Morgan fingerprint density at radius 2 is 1.61 bits per heavy atom. The minimum absolute atomic E-state index is 0.0182. The van der Waals surface area contributed by atoms with E-state index in [9.17, 15) is 9.59 Å². The molecule has 0 radical (unpaired) electrons. The van der Waals surface area contributed by atoms with Crippen molar-refractivity contribution in [3.8, 4) is 0 Å². The van der Waals surface area contributed by atoms with Gasteiger partial charge in [-0.2, -0.15) is 0 Å². The summed E-state index contributed by atoms with van der Waals surface area (Å²) < 4.78 is 0. The van der Waals surface area contributed by atoms with E-state index in [1.165, 1.54) is 11.1 Å². The van der Waals surface area contributed by atoms with Crippen molar-refractivity contribution >= 4 is 23.6 Å². The van der Waals surface area contributed by atoms with Crippen LogP contribution in [0.5, 0.6) is 0 Å². The molecule has 0 unspecified atom stereocenters. The Kier molecular flexibility index (Phi) is 10.6. The van der Waals surface area contributed by atoms with E-state index in [2.05, 4.69) is 37.4 Å². The first-order valence-electron chi connectivity index (χ1n) is 12.7. The Morgan fingerprint density at radius 3 is 2.31 bits per heavy atom. The molecule has 0 aliphatic carbocycles. The molecule has 3 rings (SSSR count). The number of hydrogen-bond donors (Lipinski definition) is 1. The second kappa shape index (κ2) is 13.9. The minimum atomic E-state index is -0.589. The topological polar surface area (TPSA) is 49.4 Å². The molecule has 0 fully saturated rings. The Hall–Kier alpha value is -3.05. The highest BCUT2D eigenvalue weighted by Crippen LogP contribution is 2.20. The standard InChI is InChI=1S/C31H38N2O2S/c1-5-25(4)32-31(35)29(19-26-14-7-6-8-15-26)33(20-27-16-11-12-23(2)18-27)30(34)22-36-21-28-17-10-9-13-24(28)3/h6-18,25,29H,5,19-22H2,1-4H3,(H,32,35)/t25-,29-/m0/s1. The fraction of sp³-hybridized carbons (Fsp3) is 0.355. The van der Waals surface area contributed by atoms with Gasteiger partial charge in [-0.1, -0.05) is 91.3 Å². The van der Waals surface area contributed by atoms with Crippen LogP contribution in [0.3, 0.4) is 0 Å². The number of nitrogens with one attached hydrogen (secondary N) is 1. The van der Waals surface area contributed by atoms with Crippen molar-refractivity contribution in [2.75, 3.05) is 5.75 Å². The van der Waals surface area contributed by atoms with Gasteiger partial charge in [0.25, 0.3) is 0 Å². The van der Waals surface area contributed by atoms with Crippen molar-refractivity contribution in [3.63, 3.8) is 0 Å². The maximum atomic E-state index is 13.7. The Bertz CT molecular complexity index is 1130. The summed E-state index contributed by atoms with van der Waals surface area (Å²) in [6, 6.07) is 25.8. The van der Waals surface area contributed by atoms with E-state index < -0.39 is 6.04 Å². The zero-order chi connectivity index (χ0) is 25.9. The second-order valence-electron chi connectivity index (χ2n) is 9.45. The molecule has 0 aromatic heterocycles. The molecule has 0 aliphatic rings. The SMILES string of the molecule is CC[C@H](C)NC(=O)[C@H](Cc1ccccc1)N(Cc1cccc(C)c1)C(=O)CSCc1ccccc1C. The Balaban J connectivity index is 1.86. The van der Waals surface area contributed by atoms with Gasteiger partial charge in [0.15, 0.2) is 0 Å². The molecule has 0 heterocycles. The largest absolute Gasteiger partial charge is 0.352 e. The van der Waals surface area contributed by atoms with Gasteiger partial charge >= 0.3 is 0 Å². The van der Waals surface area contributed by atoms with Crippen LogP contribution in [0.15, 0.2) is 78.9 Å². The number of carbonyl (C=O) groups is 2. The quantitative estimate of drug-likeness (QED) is 0.326. The summed E-state index contributed by atoms with van der Waals surface area (Å²) in [5, 5.41) is 3.13. The normalized spacial score (nSPS) is 12.6. The third-order valence-electron chi connectivity index (χ3n) is 6.45. The van der Waals surface area contributed by atoms with Crippen molar-refractivity contribution in [1.82, 2.24) is 10.2 Å². The molecule has 1 N–H and O–H groups in total. The lowest BCUT2D eigenvalue weighted by Crippen LogP contribution is -2.52. The lowest BCUT2D eigenvalue weighted by Gasteiger charge is -2.32. The highest BCUT2D eigenvalue weighted by Gasteiger charge is 2.30. The monoisotopic (exact) mass is 502 g/mol. The number of hydrogen-bond acceptors (Lipinski definition) is 3. The summed E-state index contributed by atoms with van der Waals surface area (Å²) in [6.45, 7) is 8.59. The lowest BCUT2D eigenvalue weighted by atomic mass is 10.0. The maximum absolute atomic E-state index is 13.7. The van der Waals surface area contributed by atoms with Crippen LogP contribution < -0.4 is 5.32 Å². The number of carbonyl (C=O) groups excluding carboxylic acids is 2. The van der Waals surface area contributed by atoms with Crippen molar-refractivity contribution < 1.29 is 9.59 Å². The molecular formula is C31H38N2O2S. The second-order valence-corrected chi connectivity index (χ2v) is 10.4. The summed E-state index contributed by atoms with van der Waals surface area (Å²) >= 11 is 1.60. The van der Waals surface area contributed by atoms with Gasteiger partial charge in [0.1, 0.15) is 6.04 Å². The van der Waals surface area contributed by atoms with Gasteiger partial charge in [0, 0.05) is 24.8 Å². The molecule has 2 amide bonds. The Labute approximate surface area is 220 Å². The number of thioether (sulfide) groups is 1. The zero-order valence-electron chi connectivity index (χ0n) is 21.9. The molecule has 3 aromatic carbocycles. The van der Waals surface area contributed by atoms with E-state index in [0.29, 0.717) is 18.7 Å². The van der Waals surface area contributed by atoms with E-state index in [1.54, 1.807) is 16.7 Å². The molecule has 0 aliphatic heterocycles. The van der Waals surface area contributed by atoms with Gasteiger partial charge in [-0.3, -0.25) is 9.59 Å². The van der Waals surface area contributed by atoms with Gasteiger partial charge < -0.3 is 10.2 Å². The van der Waals surface area contributed by atoms with Gasteiger partial charge in [-0.25, -0.2) is 0 Å². The lowest BCUT2D eigenvalue weighted by molar-refractivity contribution is -0.139. The summed E-state index contributed by atoms with van der Waals surface area (Å²) in [5.74, 6) is 0.967. The molecule has 0 spiro atoms. The van der Waals surface area contributed by atoms with E-state index in [4.69, 9.17) is 0 Å². The van der Waals surface area contributed by atoms with Crippen molar-refractivity contribution in [2.24, 2.45) is 0 Å². The third-order valence-corrected chi connectivity index (χ3v) is 7.42. The van der Waals surface area contributed by atoms with Crippen molar-refractivity contribution in [3.05, 3.63) is 107 Å². The van der Waals surface area contributed by atoms with Crippen molar-refractivity contribution in [2.45, 2.75) is 64.9 Å². The molecule has 0 saturated heterocycles. The molecular weight excluding hydrogens is 464 g/mol. The van der Waals surface area contributed by atoms with Crippen LogP contribution in [-0.4, -0.2) is 34.6 Å². The minimum Gasteiger partial charge on any atom is -0.352 e. The van der Waals surface area contributed by atoms with Crippen LogP contribution in [0, 0.1) is 13.8 Å². The molecule has 36 heavy (non-hydrogen) atoms. The fourth-order valence-electron chi connectivity index (χ4n) is 4.11. The van der Waals surface area contributed by atoms with Gasteiger partial charge in [-0.05, 0) is 49.4 Å². The van der Waals surface area contributed by atoms with Crippen LogP contribution in [-0.2, 0) is 28.3 Å². The van der Waals surface area contributed by atoms with Crippen LogP contribution in [0.2, 0.25) is 0 Å². The predicted octanol–water partition coefficient (Wildman–Crippen LogP) is 6.09. The van der Waals surface area contributed by atoms with Gasteiger partial charge in [0.2, 0.25) is 11.8 Å². The molecule has 190 valence electrons. The average molecular weight is 503 g/mol. The first-order chi connectivity index (χ1) is 17.4. The van der Waals surface area contributed by atoms with Crippen LogP contribution in [0.25, 0.3) is 0 Å². The van der Waals surface area contributed by atoms with Crippen LogP contribution in [0.4, 0.5) is 0 Å². The number of amides is 2. The van der Waals surface area contributed by atoms with E-state index >= 15 is 0 Å². The Morgan fingerprint density at radius 1 is 0.917 bits per heavy atom. The highest BCUT2D eigenvalue weighted by atomic mass is 32.2. The van der Waals surface area contributed by atoms with E-state index in [0.717, 1.165) is 28.9 Å². The zero-order valence-corrected chi connectivity index (χ0v) is 22.7. The van der Waals surface area contributed by atoms with Crippen molar-refractivity contribution in [1.29, 1.82) is 0 Å². The van der Waals surface area contributed by atoms with Gasteiger partial charge in [0.05, 0.1) is 5.75 Å². The number of benzene rings is 3. The van der Waals surface area contributed by atoms with Crippen LogP contribution in [0.1, 0.15) is 48.1 Å². The number of rotatable bonds is 12. The summed E-state index contributed by atoms with van der Waals surface area (Å²) in [5.41, 5.74) is 5.66. The van der Waals surface area contributed by atoms with E-state index in [-0.39, 0.29) is 17.9 Å². The predicted molar refractivity (Wildman–Crippen MR) is 151 cm³/mol. The fourth-order valence-corrected chi connectivity index (χ4v) is 5.09. The maximum Gasteiger partial charge on any atom is 0.243 e. The first-order valence-corrected chi connectivity index (χ1v) is 13.8. The molecule has 5 heteroatoms. The molecule has 0 bridgehead atoms. The summed E-state index contributed by atoms with van der Waals surface area (Å²) in [4.78, 5) is 29.1. The van der Waals surface area contributed by atoms with Gasteiger partial charge in [-0.15, -0.1) is 11.8 Å². The average Bonchev–Trinajstić information content (AvgIpc) is 2.87. The molecule has 4 nitrogen and oxygen atoms in total. The summed E-state index contributed by atoms with van der Waals surface area (Å²) in [6.07, 6.45) is 1.31. The number of aryl methyl sites for hydroxylation is 2. The van der Waals surface area contributed by atoms with Crippen LogP contribution >= 0.6 is 11.8 Å². The highest BCUT2D eigenvalue weighted by molar-refractivity contribution is 7.99. The smallest absolute Gasteiger partial charge is 0.243 e.